The van der Waals surface area contributed by atoms with Gasteiger partial charge in [0.25, 0.3) is 0 Å². The van der Waals surface area contributed by atoms with Gasteiger partial charge in [0, 0.05) is 5.56 Å². The molecule has 1 aromatic carbocycles. The standard InChI is InChI=1S/C10H5ClF3NO/c1-5(16)7-2-6(4-15)3-8(11)9(7)10(12,13)14/h2-3H,1H3. The van der Waals surface area contributed by atoms with Crippen molar-refractivity contribution in [2.45, 2.75) is 13.1 Å². The second kappa shape index (κ2) is 4.14. The van der Waals surface area contributed by atoms with Crippen LogP contribution in [-0.2, 0) is 6.18 Å². The van der Waals surface area contributed by atoms with E-state index < -0.39 is 28.1 Å². The number of carbonyl (C=O) groups is 1. The first-order valence-corrected chi connectivity index (χ1v) is 4.47. The number of Topliss-reactive ketones (excluding diaryl/α,β-unsaturated/α-hetero) is 1. The zero-order valence-corrected chi connectivity index (χ0v) is 8.78. The predicted molar refractivity (Wildman–Crippen MR) is 51.2 cm³/mol. The SMILES string of the molecule is CC(=O)c1cc(C#N)cc(Cl)c1C(F)(F)F. The molecule has 0 N–H and O–H groups in total. The summed E-state index contributed by atoms with van der Waals surface area (Å²) in [6.07, 6.45) is -4.72. The van der Waals surface area contributed by atoms with Crippen LogP contribution < -0.4 is 0 Å². The number of hydrogen-bond donors (Lipinski definition) is 0. The quantitative estimate of drug-likeness (QED) is 0.714. The first-order valence-electron chi connectivity index (χ1n) is 4.09. The third-order valence-corrected chi connectivity index (χ3v) is 2.18. The summed E-state index contributed by atoms with van der Waals surface area (Å²) in [4.78, 5) is 11.1. The van der Waals surface area contributed by atoms with Crippen molar-refractivity contribution in [3.05, 3.63) is 33.8 Å². The van der Waals surface area contributed by atoms with Gasteiger partial charge in [-0.25, -0.2) is 0 Å². The Balaban J connectivity index is 3.61. The van der Waals surface area contributed by atoms with E-state index in [4.69, 9.17) is 16.9 Å². The molecule has 0 spiro atoms. The van der Waals surface area contributed by atoms with Gasteiger partial charge in [0.1, 0.15) is 0 Å². The third-order valence-electron chi connectivity index (χ3n) is 1.88. The average Bonchev–Trinajstić information content (AvgIpc) is 2.14. The molecule has 0 aliphatic rings. The largest absolute Gasteiger partial charge is 0.418 e. The van der Waals surface area contributed by atoms with E-state index in [0.29, 0.717) is 0 Å². The molecule has 2 nitrogen and oxygen atoms in total. The first-order chi connectivity index (χ1) is 7.27. The number of nitrogens with zero attached hydrogens (tertiary/aromatic N) is 1. The Morgan fingerprint density at radius 1 is 1.44 bits per heavy atom. The fourth-order valence-corrected chi connectivity index (χ4v) is 1.56. The highest BCUT2D eigenvalue weighted by Crippen LogP contribution is 2.38. The van der Waals surface area contributed by atoms with Gasteiger partial charge in [-0.1, -0.05) is 11.6 Å². The van der Waals surface area contributed by atoms with Crippen molar-refractivity contribution in [1.82, 2.24) is 0 Å². The van der Waals surface area contributed by atoms with Crippen molar-refractivity contribution >= 4 is 17.4 Å². The zero-order chi connectivity index (χ0) is 12.5. The first kappa shape index (κ1) is 12.5. The van der Waals surface area contributed by atoms with Crippen molar-refractivity contribution in [2.75, 3.05) is 0 Å². The lowest BCUT2D eigenvalue weighted by molar-refractivity contribution is -0.137. The average molecular weight is 248 g/mol. The molecule has 0 atom stereocenters. The summed E-state index contributed by atoms with van der Waals surface area (Å²) >= 11 is 5.42. The molecular weight excluding hydrogens is 243 g/mol. The molecule has 84 valence electrons. The van der Waals surface area contributed by atoms with Crippen LogP contribution in [0.1, 0.15) is 28.4 Å². The van der Waals surface area contributed by atoms with Gasteiger partial charge in [-0.3, -0.25) is 4.79 Å². The Labute approximate surface area is 94.2 Å². The Bertz CT molecular complexity index is 488. The molecule has 0 aromatic heterocycles. The lowest BCUT2D eigenvalue weighted by Crippen LogP contribution is -2.13. The van der Waals surface area contributed by atoms with Gasteiger partial charge in [0.15, 0.2) is 5.78 Å². The van der Waals surface area contributed by atoms with Gasteiger partial charge >= 0.3 is 6.18 Å². The summed E-state index contributed by atoms with van der Waals surface area (Å²) in [7, 11) is 0. The molecule has 0 unspecified atom stereocenters. The molecule has 0 amide bonds. The maximum absolute atomic E-state index is 12.6. The number of alkyl halides is 3. The fraction of sp³-hybridized carbons (Fsp3) is 0.200. The van der Waals surface area contributed by atoms with Crippen LogP contribution in [0.3, 0.4) is 0 Å². The molecule has 6 heteroatoms. The lowest BCUT2D eigenvalue weighted by atomic mass is 10.0. The summed E-state index contributed by atoms with van der Waals surface area (Å²) < 4.78 is 37.8. The lowest BCUT2D eigenvalue weighted by Gasteiger charge is -2.13. The molecule has 0 aliphatic carbocycles. The number of hydrogen-bond acceptors (Lipinski definition) is 2. The minimum atomic E-state index is -4.72. The zero-order valence-electron chi connectivity index (χ0n) is 8.02. The highest BCUT2D eigenvalue weighted by atomic mass is 35.5. The van der Waals surface area contributed by atoms with Crippen LogP contribution in [-0.4, -0.2) is 5.78 Å². The van der Waals surface area contributed by atoms with E-state index in [9.17, 15) is 18.0 Å². The van der Waals surface area contributed by atoms with Crippen LogP contribution in [0.25, 0.3) is 0 Å². The number of carbonyl (C=O) groups excluding carboxylic acids is 1. The van der Waals surface area contributed by atoms with E-state index in [1.54, 1.807) is 6.07 Å². The summed E-state index contributed by atoms with van der Waals surface area (Å²) in [5.74, 6) is -0.786. The second-order valence-electron chi connectivity index (χ2n) is 3.05. The van der Waals surface area contributed by atoms with Crippen LogP contribution >= 0.6 is 11.6 Å². The Hall–Kier alpha value is -1.54. The van der Waals surface area contributed by atoms with E-state index in [1.165, 1.54) is 0 Å². The van der Waals surface area contributed by atoms with E-state index in [0.717, 1.165) is 19.1 Å². The molecule has 0 bridgehead atoms. The fourth-order valence-electron chi connectivity index (χ4n) is 1.24. The van der Waals surface area contributed by atoms with E-state index >= 15 is 0 Å². The number of halogens is 4. The number of benzene rings is 1. The number of ketones is 1. The highest BCUT2D eigenvalue weighted by molar-refractivity contribution is 6.32. The second-order valence-corrected chi connectivity index (χ2v) is 3.45. The van der Waals surface area contributed by atoms with Crippen molar-refractivity contribution in [1.29, 1.82) is 5.26 Å². The van der Waals surface area contributed by atoms with Crippen LogP contribution in [0.15, 0.2) is 12.1 Å². The minimum Gasteiger partial charge on any atom is -0.294 e. The van der Waals surface area contributed by atoms with E-state index in [-0.39, 0.29) is 5.56 Å². The van der Waals surface area contributed by atoms with Gasteiger partial charge in [-0.15, -0.1) is 0 Å². The maximum atomic E-state index is 12.6. The topological polar surface area (TPSA) is 40.9 Å². The number of rotatable bonds is 1. The Morgan fingerprint density at radius 3 is 2.38 bits per heavy atom. The van der Waals surface area contributed by atoms with Crippen molar-refractivity contribution in [3.8, 4) is 6.07 Å². The van der Waals surface area contributed by atoms with Gasteiger partial charge in [-0.05, 0) is 19.1 Å². The van der Waals surface area contributed by atoms with Crippen LogP contribution in [0, 0.1) is 11.3 Å². The summed E-state index contributed by atoms with van der Waals surface area (Å²) in [5.41, 5.74) is -1.86. The summed E-state index contributed by atoms with van der Waals surface area (Å²) in [5, 5.41) is 7.92. The van der Waals surface area contributed by atoms with Crippen LogP contribution in [0.4, 0.5) is 13.2 Å². The van der Waals surface area contributed by atoms with Gasteiger partial charge in [0.05, 0.1) is 22.2 Å². The molecule has 0 fully saturated rings. The van der Waals surface area contributed by atoms with Gasteiger partial charge in [0.2, 0.25) is 0 Å². The molecule has 16 heavy (non-hydrogen) atoms. The smallest absolute Gasteiger partial charge is 0.294 e. The monoisotopic (exact) mass is 247 g/mol. The van der Waals surface area contributed by atoms with E-state index in [1.807, 2.05) is 0 Å². The van der Waals surface area contributed by atoms with Crippen LogP contribution in [0.2, 0.25) is 5.02 Å². The highest BCUT2D eigenvalue weighted by Gasteiger charge is 2.37. The van der Waals surface area contributed by atoms with Gasteiger partial charge < -0.3 is 0 Å². The molecule has 1 rings (SSSR count). The maximum Gasteiger partial charge on any atom is 0.418 e. The third kappa shape index (κ3) is 2.34. The Morgan fingerprint density at radius 2 is 2.00 bits per heavy atom. The minimum absolute atomic E-state index is 0.0804. The molecular formula is C10H5ClF3NO. The molecule has 0 radical (unpaired) electrons. The molecule has 0 saturated carbocycles. The summed E-state index contributed by atoms with van der Waals surface area (Å²) in [6, 6.07) is 3.41. The van der Waals surface area contributed by atoms with Crippen molar-refractivity contribution in [2.24, 2.45) is 0 Å². The molecule has 0 heterocycles. The Kier molecular flexibility index (Phi) is 3.24. The number of nitriles is 1. The van der Waals surface area contributed by atoms with Crippen molar-refractivity contribution in [3.63, 3.8) is 0 Å². The van der Waals surface area contributed by atoms with Crippen LogP contribution in [0.5, 0.6) is 0 Å². The molecule has 1 aromatic rings. The van der Waals surface area contributed by atoms with Gasteiger partial charge in [-0.2, -0.15) is 18.4 Å². The predicted octanol–water partition coefficient (Wildman–Crippen LogP) is 3.43. The molecule has 0 saturated heterocycles. The normalized spacial score (nSPS) is 11.0. The molecule has 0 aliphatic heterocycles. The van der Waals surface area contributed by atoms with E-state index in [2.05, 4.69) is 0 Å². The van der Waals surface area contributed by atoms with Crippen molar-refractivity contribution < 1.29 is 18.0 Å². The summed E-state index contributed by atoms with van der Waals surface area (Å²) in [6.45, 7) is 0.988.